The number of benzene rings is 1. The second-order valence-corrected chi connectivity index (χ2v) is 9.51. The number of nitrogens with two attached hydrogens (primary N) is 2. The van der Waals surface area contributed by atoms with Gasteiger partial charge in [0, 0.05) is 72.9 Å². The molecule has 8 nitrogen and oxygen atoms in total. The van der Waals surface area contributed by atoms with Crippen molar-refractivity contribution in [1.82, 2.24) is 14.9 Å². The van der Waals surface area contributed by atoms with Gasteiger partial charge in [0.1, 0.15) is 0 Å². The van der Waals surface area contributed by atoms with E-state index in [1.165, 1.54) is 17.1 Å². The summed E-state index contributed by atoms with van der Waals surface area (Å²) in [6, 6.07) is 7.36. The standard InChI is InChI=1S/C27H34F3N7O/c1-18-7-8-19(14-25(18)37(32)17-23(31)20-6-5-11-33-16-20)26(38)34-21-9-10-24(22(15-21)27(28,29)30)36(4)13-12-35(2)3/h5-6,8-11,14-18H,7,12-13,31-32H2,1-4H3,(H,34,38)/b23-17-. The maximum Gasteiger partial charge on any atom is 0.418 e. The van der Waals surface area contributed by atoms with Crippen LogP contribution in [0.1, 0.15) is 24.5 Å². The Morgan fingerprint density at radius 1 is 1.21 bits per heavy atom. The average molecular weight is 530 g/mol. The van der Waals surface area contributed by atoms with E-state index in [-0.39, 0.29) is 17.3 Å². The van der Waals surface area contributed by atoms with Gasteiger partial charge in [0.2, 0.25) is 0 Å². The number of rotatable bonds is 9. The third-order valence-corrected chi connectivity index (χ3v) is 6.19. The second kappa shape index (κ2) is 12.1. The predicted octanol–water partition coefficient (Wildman–Crippen LogP) is 4.02. The molecule has 1 aliphatic carbocycles. The van der Waals surface area contributed by atoms with E-state index in [0.29, 0.717) is 42.0 Å². The van der Waals surface area contributed by atoms with Gasteiger partial charge in [0.25, 0.3) is 5.91 Å². The largest absolute Gasteiger partial charge is 0.418 e. The molecule has 1 heterocycles. The van der Waals surface area contributed by atoms with Crippen LogP contribution < -0.4 is 21.8 Å². The van der Waals surface area contributed by atoms with E-state index in [1.807, 2.05) is 25.9 Å². The van der Waals surface area contributed by atoms with Crippen molar-refractivity contribution >= 4 is 23.0 Å². The molecule has 1 aromatic heterocycles. The number of hydrogen-bond acceptors (Lipinski definition) is 7. The van der Waals surface area contributed by atoms with Crippen molar-refractivity contribution in [3.8, 4) is 0 Å². The number of alkyl halides is 3. The number of aromatic nitrogens is 1. The summed E-state index contributed by atoms with van der Waals surface area (Å²) in [7, 11) is 5.32. The summed E-state index contributed by atoms with van der Waals surface area (Å²) in [6.45, 7) is 2.96. The lowest BCUT2D eigenvalue weighted by Gasteiger charge is -2.27. The van der Waals surface area contributed by atoms with Crippen LogP contribution in [0.3, 0.4) is 0 Å². The van der Waals surface area contributed by atoms with Gasteiger partial charge in [-0.05, 0) is 56.9 Å². The smallest absolute Gasteiger partial charge is 0.397 e. The molecule has 0 saturated heterocycles. The number of nitrogens with one attached hydrogen (secondary N) is 1. The van der Waals surface area contributed by atoms with Gasteiger partial charge in [-0.2, -0.15) is 13.2 Å². The first-order valence-corrected chi connectivity index (χ1v) is 12.1. The zero-order valence-corrected chi connectivity index (χ0v) is 22.0. The molecule has 0 aliphatic heterocycles. The summed E-state index contributed by atoms with van der Waals surface area (Å²) < 4.78 is 41.6. The number of amides is 1. The van der Waals surface area contributed by atoms with E-state index in [0.717, 1.165) is 6.07 Å². The lowest BCUT2D eigenvalue weighted by atomic mass is 9.94. The van der Waals surface area contributed by atoms with E-state index in [9.17, 15) is 18.0 Å². The molecule has 1 aromatic carbocycles. The van der Waals surface area contributed by atoms with Gasteiger partial charge in [0.05, 0.1) is 11.3 Å². The molecule has 1 amide bonds. The molecule has 5 N–H and O–H groups in total. The van der Waals surface area contributed by atoms with Crippen LogP contribution in [-0.4, -0.2) is 55.0 Å². The Morgan fingerprint density at radius 2 is 1.95 bits per heavy atom. The average Bonchev–Trinajstić information content (AvgIpc) is 2.87. The summed E-state index contributed by atoms with van der Waals surface area (Å²) in [5.41, 5.74) is 7.43. The molecule has 1 unspecified atom stereocenters. The molecule has 0 saturated carbocycles. The highest BCUT2D eigenvalue weighted by Crippen LogP contribution is 2.38. The van der Waals surface area contributed by atoms with Crippen LogP contribution in [-0.2, 0) is 11.0 Å². The van der Waals surface area contributed by atoms with Crippen molar-refractivity contribution in [2.75, 3.05) is 44.4 Å². The van der Waals surface area contributed by atoms with Crippen molar-refractivity contribution in [3.05, 3.63) is 83.5 Å². The van der Waals surface area contributed by atoms with Crippen molar-refractivity contribution < 1.29 is 18.0 Å². The lowest BCUT2D eigenvalue weighted by Crippen LogP contribution is -2.31. The minimum atomic E-state index is -4.59. The molecule has 0 radical (unpaired) electrons. The van der Waals surface area contributed by atoms with Crippen molar-refractivity contribution in [1.29, 1.82) is 0 Å². The number of hydrogen-bond donors (Lipinski definition) is 3. The number of carbonyl (C=O) groups is 1. The molecule has 1 aliphatic rings. The van der Waals surface area contributed by atoms with E-state index < -0.39 is 17.6 Å². The molecular weight excluding hydrogens is 495 g/mol. The number of anilines is 2. The quantitative estimate of drug-likeness (QED) is 0.333. The maximum atomic E-state index is 13.9. The number of carbonyl (C=O) groups excluding carboxylic acids is 1. The van der Waals surface area contributed by atoms with Gasteiger partial charge in [-0.3, -0.25) is 14.8 Å². The number of likely N-dealkylation sites (N-methyl/N-ethyl adjacent to an activating group) is 2. The Hall–Kier alpha value is -3.83. The molecule has 2 aromatic rings. The van der Waals surface area contributed by atoms with Crippen molar-refractivity contribution in [3.63, 3.8) is 0 Å². The monoisotopic (exact) mass is 529 g/mol. The highest BCUT2D eigenvalue weighted by Gasteiger charge is 2.35. The minimum absolute atomic E-state index is 0.0108. The molecule has 11 heteroatoms. The molecule has 1 atom stereocenters. The summed E-state index contributed by atoms with van der Waals surface area (Å²) in [5.74, 6) is 5.70. The fourth-order valence-electron chi connectivity index (χ4n) is 3.95. The molecule has 38 heavy (non-hydrogen) atoms. The molecular formula is C27H34F3N7O. The van der Waals surface area contributed by atoms with Crippen molar-refractivity contribution in [2.45, 2.75) is 19.5 Å². The van der Waals surface area contributed by atoms with Crippen LogP contribution in [0.2, 0.25) is 0 Å². The van der Waals surface area contributed by atoms with Gasteiger partial charge >= 0.3 is 6.18 Å². The number of hydrazine groups is 1. The summed E-state index contributed by atoms with van der Waals surface area (Å²) in [4.78, 5) is 20.5. The van der Waals surface area contributed by atoms with Crippen LogP contribution in [0, 0.1) is 5.92 Å². The zero-order valence-electron chi connectivity index (χ0n) is 22.0. The van der Waals surface area contributed by atoms with Gasteiger partial charge in [-0.25, -0.2) is 5.84 Å². The fraction of sp³-hybridized carbons (Fsp3) is 0.333. The molecule has 3 rings (SSSR count). The SMILES string of the molecule is CC1CC=C(C(=O)Nc2ccc(N(C)CCN(C)C)c(C(F)(F)F)c2)C=C1N(N)/C=C(\N)c1cccnc1. The van der Waals surface area contributed by atoms with Gasteiger partial charge in [-0.15, -0.1) is 0 Å². The van der Waals surface area contributed by atoms with E-state index >= 15 is 0 Å². The Balaban J connectivity index is 1.80. The zero-order chi connectivity index (χ0) is 28.0. The van der Waals surface area contributed by atoms with Crippen LogP contribution in [0.4, 0.5) is 24.5 Å². The predicted molar refractivity (Wildman–Crippen MR) is 144 cm³/mol. The molecule has 0 bridgehead atoms. The minimum Gasteiger partial charge on any atom is -0.397 e. The van der Waals surface area contributed by atoms with E-state index in [1.54, 1.807) is 54.8 Å². The second-order valence-electron chi connectivity index (χ2n) is 9.51. The first kappa shape index (κ1) is 28.7. The number of halogens is 3. The molecule has 204 valence electrons. The van der Waals surface area contributed by atoms with Gasteiger partial charge in [-0.1, -0.05) is 13.0 Å². The first-order valence-electron chi connectivity index (χ1n) is 12.1. The summed E-state index contributed by atoms with van der Waals surface area (Å²) >= 11 is 0. The van der Waals surface area contributed by atoms with Crippen molar-refractivity contribution in [2.24, 2.45) is 17.5 Å². The van der Waals surface area contributed by atoms with Crippen LogP contribution in [0.5, 0.6) is 0 Å². The van der Waals surface area contributed by atoms with Gasteiger partial charge in [0.15, 0.2) is 0 Å². The first-order chi connectivity index (χ1) is 17.9. The number of pyridine rings is 1. The Bertz CT molecular complexity index is 1220. The third kappa shape index (κ3) is 7.36. The maximum absolute atomic E-state index is 13.9. The summed E-state index contributed by atoms with van der Waals surface area (Å²) in [5, 5.41) is 3.95. The Kier molecular flexibility index (Phi) is 9.18. The van der Waals surface area contributed by atoms with E-state index in [4.69, 9.17) is 11.6 Å². The highest BCUT2D eigenvalue weighted by molar-refractivity contribution is 6.06. The Morgan fingerprint density at radius 3 is 2.58 bits per heavy atom. The Labute approximate surface area is 221 Å². The van der Waals surface area contributed by atoms with Crippen LogP contribution in [0.25, 0.3) is 5.70 Å². The topological polar surface area (TPSA) is 104 Å². The summed E-state index contributed by atoms with van der Waals surface area (Å²) in [6.07, 6.45) is 4.07. The fourth-order valence-corrected chi connectivity index (χ4v) is 3.95. The normalized spacial score (nSPS) is 16.1. The molecule has 0 fully saturated rings. The number of nitrogens with zero attached hydrogens (tertiary/aromatic N) is 4. The third-order valence-electron chi connectivity index (χ3n) is 6.19. The van der Waals surface area contributed by atoms with E-state index in [2.05, 4.69) is 10.3 Å². The highest BCUT2D eigenvalue weighted by atomic mass is 19.4. The van der Waals surface area contributed by atoms with Crippen LogP contribution >= 0.6 is 0 Å². The van der Waals surface area contributed by atoms with Gasteiger partial charge < -0.3 is 20.9 Å². The number of allylic oxidation sites excluding steroid dienone is 2. The van der Waals surface area contributed by atoms with Crippen LogP contribution in [0.15, 0.2) is 72.3 Å². The lowest BCUT2D eigenvalue weighted by molar-refractivity contribution is -0.137. The molecule has 0 spiro atoms.